The Morgan fingerprint density at radius 1 is 0.396 bits per heavy atom. The number of aliphatic carboxylic acids is 3. The second kappa shape index (κ2) is 34.4. The van der Waals surface area contributed by atoms with Gasteiger partial charge in [-0.2, -0.15) is 0 Å². The standard InChI is InChI=1S/C59H79N21O16/c1-35(81)64-36-20-42(75(5)25-36)56(93)66-38-23-43(76(6)27-38)57(94)65-37-21-40(73(3)26-37)54(91)62-13-9-12-46(82)68-44-29-77(7)53(69-44)59(96)71-45-30-78(8)52(70-45)58(95)67-39-22-41(74(4)28-39)55(92)63-24-47(83)60-14-10-16-72(2)17-11-15-61-48(84)31-79(32-49(85)86)18-19-80(33-50(87)88)34-51(89)90/h20-23,25-30H,9-19,24,31-34H2,1-8H3,(H,60,83)(H,61,84)(H,62,91)(H,63,92)(H,64,81)(H,65,94)(H,66,93)(H,67,95)(H,68,82)(H,71,96)(H,85,86)(H,87,88)(H,89,90). The lowest BCUT2D eigenvalue weighted by molar-refractivity contribution is -0.143. The van der Waals surface area contributed by atoms with Gasteiger partial charge in [-0.3, -0.25) is 72.1 Å². The van der Waals surface area contributed by atoms with E-state index in [-0.39, 0.29) is 110 Å². The Morgan fingerprint density at radius 3 is 1.22 bits per heavy atom. The van der Waals surface area contributed by atoms with Crippen molar-refractivity contribution in [1.29, 1.82) is 0 Å². The molecule has 96 heavy (non-hydrogen) atoms. The van der Waals surface area contributed by atoms with Gasteiger partial charge in [-0.15, -0.1) is 0 Å². The Bertz CT molecular complexity index is 3870. The van der Waals surface area contributed by atoms with Crippen LogP contribution in [0.3, 0.4) is 0 Å². The largest absolute Gasteiger partial charge is 0.480 e. The van der Waals surface area contributed by atoms with Gasteiger partial charge in [0.2, 0.25) is 35.3 Å². The minimum atomic E-state index is -1.25. The van der Waals surface area contributed by atoms with Crippen molar-refractivity contribution >= 4 is 111 Å². The fraction of sp³-hybridized carbons (Fsp3) is 0.407. The SMILES string of the molecule is CC(=O)Nc1cc(C(=O)Nc2cc(C(=O)Nc3cc(C(=O)NCCCC(=O)Nc4cn(C)c(C(=O)Nc5cn(C)c(C(=O)Nc6cc(C(=O)NCC(=O)NCCCN(C)CCCNC(=O)CN(CCN(CC(=O)O)CC(=O)O)CC(=O)O)n(C)c6)n5)n4)n(C)c3)n(C)c2)n(C)c1. The minimum Gasteiger partial charge on any atom is -0.480 e. The Labute approximate surface area is 548 Å². The molecule has 0 unspecified atom stereocenters. The van der Waals surface area contributed by atoms with Crippen LogP contribution in [-0.2, 0) is 75.8 Å². The molecule has 0 saturated carbocycles. The topological polar surface area (TPSA) is 468 Å². The molecule has 37 nitrogen and oxygen atoms in total. The molecule has 0 aromatic carbocycles. The summed E-state index contributed by atoms with van der Waals surface area (Å²) in [6, 6.07) is 5.90. The summed E-state index contributed by atoms with van der Waals surface area (Å²) in [6.07, 6.45) is 10.3. The molecule has 0 aliphatic rings. The molecule has 0 fully saturated rings. The summed E-state index contributed by atoms with van der Waals surface area (Å²) in [6.45, 7) is 0.762. The molecule has 0 saturated heterocycles. The summed E-state index contributed by atoms with van der Waals surface area (Å²) in [4.78, 5) is 175. The highest BCUT2D eigenvalue weighted by molar-refractivity contribution is 6.08. The van der Waals surface area contributed by atoms with E-state index < -0.39 is 90.7 Å². The van der Waals surface area contributed by atoms with E-state index in [0.29, 0.717) is 49.5 Å². The number of carbonyl (C=O) groups excluding carboxylic acids is 10. The third kappa shape index (κ3) is 22.7. The average Bonchev–Trinajstić information content (AvgIpc) is 1.69. The fourth-order valence-electron chi connectivity index (χ4n) is 9.73. The number of nitrogens with zero attached hydrogens (tertiary/aromatic N) is 11. The molecule has 0 radical (unpaired) electrons. The van der Waals surface area contributed by atoms with Gasteiger partial charge in [0, 0.05) is 126 Å². The predicted molar refractivity (Wildman–Crippen MR) is 345 cm³/mol. The fourth-order valence-corrected chi connectivity index (χ4v) is 9.73. The summed E-state index contributed by atoms with van der Waals surface area (Å²) in [5.41, 5.74) is 2.17. The molecule has 6 rings (SSSR count). The van der Waals surface area contributed by atoms with E-state index in [2.05, 4.69) is 63.1 Å². The zero-order valence-electron chi connectivity index (χ0n) is 54.2. The van der Waals surface area contributed by atoms with Crippen LogP contribution >= 0.6 is 0 Å². The number of hydrogen-bond acceptors (Lipinski definition) is 18. The molecule has 0 aliphatic carbocycles. The monoisotopic (exact) mass is 1340 g/mol. The lowest BCUT2D eigenvalue weighted by Crippen LogP contribution is -2.45. The number of aryl methyl sites for hydroxylation is 6. The van der Waals surface area contributed by atoms with E-state index in [1.165, 1.54) is 91.6 Å². The second-order valence-corrected chi connectivity index (χ2v) is 22.4. The Kier molecular flexibility index (Phi) is 26.4. The highest BCUT2D eigenvalue weighted by atomic mass is 16.4. The van der Waals surface area contributed by atoms with Crippen LogP contribution in [0.5, 0.6) is 0 Å². The van der Waals surface area contributed by atoms with E-state index in [1.807, 2.05) is 11.9 Å². The van der Waals surface area contributed by atoms with Gasteiger partial charge in [-0.25, -0.2) is 9.97 Å². The molecule has 10 amide bonds. The number of carbonyl (C=O) groups is 13. The predicted octanol–water partition coefficient (Wildman–Crippen LogP) is -0.844. The number of aromatic nitrogens is 8. The summed E-state index contributed by atoms with van der Waals surface area (Å²) < 4.78 is 8.79. The average molecular weight is 1340 g/mol. The van der Waals surface area contributed by atoms with Gasteiger partial charge in [0.15, 0.2) is 11.6 Å². The first-order chi connectivity index (χ1) is 45.4. The minimum absolute atomic E-state index is 0.00394. The summed E-state index contributed by atoms with van der Waals surface area (Å²) >= 11 is 0. The number of hydrogen-bond donors (Lipinski definition) is 13. The van der Waals surface area contributed by atoms with Crippen LogP contribution in [0, 0.1) is 0 Å². The molecule has 6 aromatic heterocycles. The van der Waals surface area contributed by atoms with Gasteiger partial charge in [-0.1, -0.05) is 0 Å². The van der Waals surface area contributed by atoms with E-state index in [1.54, 1.807) is 51.3 Å². The van der Waals surface area contributed by atoms with Gasteiger partial charge < -0.3 is 101 Å². The van der Waals surface area contributed by atoms with Gasteiger partial charge in [0.05, 0.1) is 55.5 Å². The van der Waals surface area contributed by atoms with Crippen LogP contribution in [0.25, 0.3) is 0 Å². The normalized spacial score (nSPS) is 11.1. The molecule has 13 N–H and O–H groups in total. The third-order valence-corrected chi connectivity index (χ3v) is 14.2. The number of amides is 10. The van der Waals surface area contributed by atoms with Crippen LogP contribution < -0.4 is 53.2 Å². The molecule has 6 heterocycles. The van der Waals surface area contributed by atoms with Crippen LogP contribution in [0.15, 0.2) is 61.4 Å². The molecule has 37 heteroatoms. The zero-order valence-corrected chi connectivity index (χ0v) is 54.2. The number of imidazole rings is 2. The van der Waals surface area contributed by atoms with Gasteiger partial charge in [0.25, 0.3) is 35.4 Å². The maximum absolute atomic E-state index is 13.4. The molecule has 0 aliphatic heterocycles. The van der Waals surface area contributed by atoms with Crippen molar-refractivity contribution in [2.24, 2.45) is 42.3 Å². The first kappa shape index (κ1) is 73.6. The van der Waals surface area contributed by atoms with Crippen molar-refractivity contribution in [3.63, 3.8) is 0 Å². The van der Waals surface area contributed by atoms with E-state index in [0.717, 1.165) is 4.90 Å². The van der Waals surface area contributed by atoms with Crippen molar-refractivity contribution < 1.29 is 77.6 Å². The highest BCUT2D eigenvalue weighted by Gasteiger charge is 2.24. The van der Waals surface area contributed by atoms with Gasteiger partial charge >= 0.3 is 17.9 Å². The quantitative estimate of drug-likeness (QED) is 0.0211. The molecule has 6 aromatic rings. The highest BCUT2D eigenvalue weighted by Crippen LogP contribution is 2.21. The number of rotatable bonds is 37. The van der Waals surface area contributed by atoms with Crippen LogP contribution in [0.2, 0.25) is 0 Å². The number of carboxylic acids is 3. The smallest absolute Gasteiger partial charge is 0.317 e. The molecule has 516 valence electrons. The maximum atomic E-state index is 13.4. The first-order valence-electron chi connectivity index (χ1n) is 29.8. The summed E-state index contributed by atoms with van der Waals surface area (Å²) in [5.74, 6) is -8.95. The number of anilines is 6. The van der Waals surface area contributed by atoms with Gasteiger partial charge in [-0.05, 0) is 63.7 Å². The van der Waals surface area contributed by atoms with E-state index >= 15 is 0 Å². The first-order valence-corrected chi connectivity index (χ1v) is 29.8. The lowest BCUT2D eigenvalue weighted by atomic mass is 10.3. The third-order valence-electron chi connectivity index (χ3n) is 14.2. The summed E-state index contributed by atoms with van der Waals surface area (Å²) in [7, 11) is 11.4. The van der Waals surface area contributed by atoms with Crippen molar-refractivity contribution in [1.82, 2.24) is 73.3 Å². The van der Waals surface area contributed by atoms with Gasteiger partial charge in [0.1, 0.15) is 22.8 Å². The van der Waals surface area contributed by atoms with Crippen molar-refractivity contribution in [2.45, 2.75) is 32.6 Å². The molecular weight excluding hydrogens is 1260 g/mol. The van der Waals surface area contributed by atoms with Crippen molar-refractivity contribution in [3.8, 4) is 0 Å². The number of nitrogens with one attached hydrogen (secondary N) is 10. The summed E-state index contributed by atoms with van der Waals surface area (Å²) in [5, 5.41) is 54.1. The zero-order chi connectivity index (χ0) is 70.5. The molecule has 0 spiro atoms. The van der Waals surface area contributed by atoms with E-state index in [4.69, 9.17) is 10.2 Å². The van der Waals surface area contributed by atoms with Crippen LogP contribution in [-0.4, -0.2) is 230 Å². The number of carboxylic acid groups (broad SMARTS) is 3. The second-order valence-electron chi connectivity index (χ2n) is 22.4. The molecule has 0 bridgehead atoms. The van der Waals surface area contributed by atoms with Crippen LogP contribution in [0.4, 0.5) is 34.4 Å². The van der Waals surface area contributed by atoms with Crippen LogP contribution in [0.1, 0.15) is 95.8 Å². The lowest BCUT2D eigenvalue weighted by Gasteiger charge is -2.24. The Hall–Kier alpha value is -11.5. The van der Waals surface area contributed by atoms with Crippen molar-refractivity contribution in [3.05, 3.63) is 95.9 Å². The van der Waals surface area contributed by atoms with Crippen molar-refractivity contribution in [2.75, 3.05) is 117 Å². The maximum Gasteiger partial charge on any atom is 0.317 e. The Balaban J connectivity index is 0.853. The molecular formula is C59H79N21O16. The van der Waals surface area contributed by atoms with E-state index in [9.17, 15) is 67.4 Å². The molecule has 0 atom stereocenters. The Morgan fingerprint density at radius 2 is 0.771 bits per heavy atom.